The minimum atomic E-state index is -0.699. The third-order valence-corrected chi connectivity index (χ3v) is 4.27. The van der Waals surface area contributed by atoms with Gasteiger partial charge < -0.3 is 10.1 Å². The predicted molar refractivity (Wildman–Crippen MR) is 96.0 cm³/mol. The van der Waals surface area contributed by atoms with Crippen molar-refractivity contribution in [1.82, 2.24) is 0 Å². The molecule has 0 aliphatic heterocycles. The number of hydrogen-bond acceptors (Lipinski definition) is 3. The Labute approximate surface area is 150 Å². The Kier molecular flexibility index (Phi) is 5.86. The molecule has 0 fully saturated rings. The number of rotatable bonds is 4. The molecule has 6 heteroatoms. The van der Waals surface area contributed by atoms with Crippen LogP contribution in [0.5, 0.6) is 0 Å². The van der Waals surface area contributed by atoms with E-state index in [1.165, 1.54) is 6.07 Å². The Morgan fingerprint density at radius 1 is 1.08 bits per heavy atom. The SMILES string of the molecule is Cc1cc(C)c(NC(=O)COC(=O)c2cccc(Cl)c2Cl)c(C)c1. The molecule has 0 saturated heterocycles. The van der Waals surface area contributed by atoms with Crippen LogP contribution in [0.3, 0.4) is 0 Å². The number of carbonyl (C=O) groups excluding carboxylic acids is 2. The van der Waals surface area contributed by atoms with Gasteiger partial charge in [-0.1, -0.05) is 47.0 Å². The highest BCUT2D eigenvalue weighted by Crippen LogP contribution is 2.26. The first-order valence-electron chi connectivity index (χ1n) is 7.28. The molecule has 0 aromatic heterocycles. The molecule has 0 atom stereocenters. The zero-order valence-corrected chi connectivity index (χ0v) is 15.1. The smallest absolute Gasteiger partial charge is 0.340 e. The van der Waals surface area contributed by atoms with Gasteiger partial charge in [0.2, 0.25) is 0 Å². The first kappa shape index (κ1) is 18.3. The van der Waals surface area contributed by atoms with Crippen molar-refractivity contribution in [3.05, 3.63) is 62.6 Å². The third-order valence-electron chi connectivity index (χ3n) is 3.45. The van der Waals surface area contributed by atoms with E-state index in [1.54, 1.807) is 12.1 Å². The minimum Gasteiger partial charge on any atom is -0.452 e. The number of esters is 1. The van der Waals surface area contributed by atoms with Crippen molar-refractivity contribution in [2.45, 2.75) is 20.8 Å². The van der Waals surface area contributed by atoms with Crippen molar-refractivity contribution in [1.29, 1.82) is 0 Å². The summed E-state index contributed by atoms with van der Waals surface area (Å²) < 4.78 is 5.01. The van der Waals surface area contributed by atoms with Gasteiger partial charge in [0.15, 0.2) is 6.61 Å². The molecule has 2 aromatic rings. The van der Waals surface area contributed by atoms with Gasteiger partial charge in [-0.05, 0) is 44.0 Å². The number of benzene rings is 2. The molecule has 0 spiro atoms. The standard InChI is InChI=1S/C18H17Cl2NO3/c1-10-7-11(2)17(12(3)8-10)21-15(22)9-24-18(23)13-5-4-6-14(19)16(13)20/h4-8H,9H2,1-3H3,(H,21,22). The summed E-state index contributed by atoms with van der Waals surface area (Å²) in [7, 11) is 0. The predicted octanol–water partition coefficient (Wildman–Crippen LogP) is 4.71. The number of carbonyl (C=O) groups is 2. The van der Waals surface area contributed by atoms with Gasteiger partial charge in [0.05, 0.1) is 15.6 Å². The maximum atomic E-state index is 12.0. The molecule has 0 bridgehead atoms. The molecule has 0 heterocycles. The summed E-state index contributed by atoms with van der Waals surface area (Å²) in [4.78, 5) is 24.0. The van der Waals surface area contributed by atoms with Gasteiger partial charge in [0.25, 0.3) is 5.91 Å². The Bertz CT molecular complexity index is 780. The van der Waals surface area contributed by atoms with Crippen molar-refractivity contribution < 1.29 is 14.3 Å². The lowest BCUT2D eigenvalue weighted by Crippen LogP contribution is -2.22. The van der Waals surface area contributed by atoms with E-state index in [1.807, 2.05) is 32.9 Å². The molecule has 1 N–H and O–H groups in total. The zero-order chi connectivity index (χ0) is 17.9. The molecular weight excluding hydrogens is 349 g/mol. The average Bonchev–Trinajstić information content (AvgIpc) is 2.51. The molecule has 126 valence electrons. The first-order chi connectivity index (χ1) is 11.3. The molecular formula is C18H17Cl2NO3. The minimum absolute atomic E-state index is 0.106. The van der Waals surface area contributed by atoms with E-state index < -0.39 is 18.5 Å². The Morgan fingerprint density at radius 2 is 1.71 bits per heavy atom. The molecule has 4 nitrogen and oxygen atoms in total. The van der Waals surface area contributed by atoms with Crippen LogP contribution in [0, 0.1) is 20.8 Å². The Morgan fingerprint density at radius 3 is 2.33 bits per heavy atom. The van der Waals surface area contributed by atoms with Crippen LogP contribution in [0.1, 0.15) is 27.0 Å². The highest BCUT2D eigenvalue weighted by Gasteiger charge is 2.16. The second kappa shape index (κ2) is 7.69. The van der Waals surface area contributed by atoms with E-state index >= 15 is 0 Å². The maximum absolute atomic E-state index is 12.0. The van der Waals surface area contributed by atoms with Crippen LogP contribution in [0.25, 0.3) is 0 Å². The second-order valence-corrected chi connectivity index (χ2v) is 6.28. The molecule has 0 saturated carbocycles. The van der Waals surface area contributed by atoms with E-state index in [0.717, 1.165) is 22.4 Å². The summed E-state index contributed by atoms with van der Waals surface area (Å²) >= 11 is 11.8. The largest absolute Gasteiger partial charge is 0.452 e. The molecule has 2 rings (SSSR count). The third kappa shape index (κ3) is 4.28. The monoisotopic (exact) mass is 365 g/mol. The lowest BCUT2D eigenvalue weighted by atomic mass is 10.1. The normalized spacial score (nSPS) is 10.4. The average molecular weight is 366 g/mol. The number of hydrogen-bond donors (Lipinski definition) is 1. The molecule has 2 aromatic carbocycles. The van der Waals surface area contributed by atoms with Crippen molar-refractivity contribution in [2.24, 2.45) is 0 Å². The lowest BCUT2D eigenvalue weighted by Gasteiger charge is -2.13. The van der Waals surface area contributed by atoms with Crippen LogP contribution in [-0.4, -0.2) is 18.5 Å². The van der Waals surface area contributed by atoms with E-state index in [4.69, 9.17) is 27.9 Å². The summed E-state index contributed by atoms with van der Waals surface area (Å²) in [6.07, 6.45) is 0. The second-order valence-electron chi connectivity index (χ2n) is 5.50. The van der Waals surface area contributed by atoms with E-state index in [2.05, 4.69) is 5.32 Å². The van der Waals surface area contributed by atoms with Crippen LogP contribution in [0.15, 0.2) is 30.3 Å². The number of anilines is 1. The number of halogens is 2. The molecule has 0 aliphatic rings. The maximum Gasteiger partial charge on any atom is 0.340 e. The molecule has 1 amide bonds. The van der Waals surface area contributed by atoms with E-state index in [0.29, 0.717) is 0 Å². The fraction of sp³-hybridized carbons (Fsp3) is 0.222. The quantitative estimate of drug-likeness (QED) is 0.797. The van der Waals surface area contributed by atoms with Crippen LogP contribution in [0.2, 0.25) is 10.0 Å². The van der Waals surface area contributed by atoms with Gasteiger partial charge in [-0.3, -0.25) is 4.79 Å². The fourth-order valence-electron chi connectivity index (χ4n) is 2.42. The highest BCUT2D eigenvalue weighted by atomic mass is 35.5. The topological polar surface area (TPSA) is 55.4 Å². The van der Waals surface area contributed by atoms with Gasteiger partial charge in [-0.25, -0.2) is 4.79 Å². The van der Waals surface area contributed by atoms with Crippen LogP contribution in [-0.2, 0) is 9.53 Å². The summed E-state index contributed by atoms with van der Waals surface area (Å²) in [5, 5.41) is 3.12. The highest BCUT2D eigenvalue weighted by molar-refractivity contribution is 6.43. The van der Waals surface area contributed by atoms with E-state index in [9.17, 15) is 9.59 Å². The number of aryl methyl sites for hydroxylation is 3. The number of ether oxygens (including phenoxy) is 1. The molecule has 24 heavy (non-hydrogen) atoms. The van der Waals surface area contributed by atoms with Gasteiger partial charge in [0, 0.05) is 5.69 Å². The first-order valence-corrected chi connectivity index (χ1v) is 8.04. The van der Waals surface area contributed by atoms with Crippen molar-refractivity contribution in [3.8, 4) is 0 Å². The summed E-state index contributed by atoms with van der Waals surface area (Å²) in [6.45, 7) is 5.40. The lowest BCUT2D eigenvalue weighted by molar-refractivity contribution is -0.119. The summed E-state index contributed by atoms with van der Waals surface area (Å²) in [6, 6.07) is 8.59. The van der Waals surface area contributed by atoms with Gasteiger partial charge in [0.1, 0.15) is 0 Å². The number of nitrogens with one attached hydrogen (secondary N) is 1. The summed E-state index contributed by atoms with van der Waals surface area (Å²) in [5.41, 5.74) is 3.86. The molecule has 0 unspecified atom stereocenters. The Hall–Kier alpha value is -2.04. The summed E-state index contributed by atoms with van der Waals surface area (Å²) in [5.74, 6) is -1.12. The molecule has 0 radical (unpaired) electrons. The van der Waals surface area contributed by atoms with Crippen molar-refractivity contribution >= 4 is 40.8 Å². The zero-order valence-electron chi connectivity index (χ0n) is 13.6. The fourth-order valence-corrected chi connectivity index (χ4v) is 2.80. The molecule has 0 aliphatic carbocycles. The van der Waals surface area contributed by atoms with Crippen LogP contribution < -0.4 is 5.32 Å². The van der Waals surface area contributed by atoms with E-state index in [-0.39, 0.29) is 15.6 Å². The van der Waals surface area contributed by atoms with Gasteiger partial charge in [-0.2, -0.15) is 0 Å². The van der Waals surface area contributed by atoms with Gasteiger partial charge >= 0.3 is 5.97 Å². The van der Waals surface area contributed by atoms with Crippen LogP contribution in [0.4, 0.5) is 5.69 Å². The van der Waals surface area contributed by atoms with Crippen LogP contribution >= 0.6 is 23.2 Å². The Balaban J connectivity index is 2.01. The van der Waals surface area contributed by atoms with Crippen molar-refractivity contribution in [3.63, 3.8) is 0 Å². The van der Waals surface area contributed by atoms with Crippen molar-refractivity contribution in [2.75, 3.05) is 11.9 Å². The van der Waals surface area contributed by atoms with Gasteiger partial charge in [-0.15, -0.1) is 0 Å². The number of amides is 1.